The van der Waals surface area contributed by atoms with Gasteiger partial charge in [0.1, 0.15) is 5.71 Å². The first-order valence-corrected chi connectivity index (χ1v) is 5.78. The number of carbonyl (C=O) groups is 1. The van der Waals surface area contributed by atoms with E-state index in [2.05, 4.69) is 10.1 Å². The molecule has 21 heavy (non-hydrogen) atoms. The molecule has 0 aliphatic carbocycles. The Kier molecular flexibility index (Phi) is 16.6. The molecule has 0 aromatic carbocycles. The van der Waals surface area contributed by atoms with E-state index in [4.69, 9.17) is 15.7 Å². The van der Waals surface area contributed by atoms with E-state index >= 15 is 0 Å². The third-order valence-corrected chi connectivity index (χ3v) is 2.18. The van der Waals surface area contributed by atoms with Crippen molar-refractivity contribution >= 4 is 24.2 Å². The summed E-state index contributed by atoms with van der Waals surface area (Å²) in [4.78, 5) is 25.1. The minimum atomic E-state index is -0.941. The van der Waals surface area contributed by atoms with Gasteiger partial charge in [-0.2, -0.15) is 5.10 Å². The molecule has 0 amide bonds. The van der Waals surface area contributed by atoms with Crippen molar-refractivity contribution in [2.45, 2.75) is 33.2 Å². The summed E-state index contributed by atoms with van der Waals surface area (Å²) in [5.74, 6) is 4.21. The third-order valence-electron chi connectivity index (χ3n) is 2.18. The molecule has 0 aliphatic rings. The van der Waals surface area contributed by atoms with E-state index < -0.39 is 12.0 Å². The fourth-order valence-electron chi connectivity index (χ4n) is 1.04. The number of aliphatic imine (C=N–C) groups is 1. The third kappa shape index (κ3) is 13.3. The standard InChI is InChI=1S/C12H20N3O4.CH3.K/c1-12(2,3)10(7-16)14-6-9(15-13)8-19-5-4-11(17)18;;/h6,10H,4-5,8,13H2,1-3H3,(H,17,18);1H3;/q2*-1;+1/b14-6?,15-9+;;. The van der Waals surface area contributed by atoms with Crippen LogP contribution in [-0.4, -0.2) is 48.5 Å². The van der Waals surface area contributed by atoms with Crippen LogP contribution in [0.3, 0.4) is 0 Å². The van der Waals surface area contributed by atoms with Crippen molar-refractivity contribution in [2.24, 2.45) is 21.4 Å². The Morgan fingerprint density at radius 3 is 2.43 bits per heavy atom. The van der Waals surface area contributed by atoms with Crippen molar-refractivity contribution in [3.63, 3.8) is 0 Å². The molecule has 8 heteroatoms. The topological polar surface area (TPSA) is 114 Å². The summed E-state index contributed by atoms with van der Waals surface area (Å²) < 4.78 is 5.07. The molecule has 0 radical (unpaired) electrons. The molecule has 0 heterocycles. The fourth-order valence-corrected chi connectivity index (χ4v) is 1.04. The Labute approximate surface area is 168 Å². The molecule has 7 nitrogen and oxygen atoms in total. The van der Waals surface area contributed by atoms with Gasteiger partial charge in [0.25, 0.3) is 0 Å². The predicted molar refractivity (Wildman–Crippen MR) is 78.5 cm³/mol. The minimum Gasteiger partial charge on any atom is -0.540 e. The van der Waals surface area contributed by atoms with Crippen molar-refractivity contribution < 1.29 is 70.8 Å². The van der Waals surface area contributed by atoms with Crippen LogP contribution in [0, 0.1) is 12.8 Å². The van der Waals surface area contributed by atoms with Crippen LogP contribution in [0.5, 0.6) is 0 Å². The van der Waals surface area contributed by atoms with Crippen LogP contribution in [-0.2, 0) is 14.3 Å². The summed E-state index contributed by atoms with van der Waals surface area (Å²) in [6.07, 6.45) is 3.09. The van der Waals surface area contributed by atoms with Gasteiger partial charge in [0.2, 0.25) is 0 Å². The molecule has 0 saturated heterocycles. The van der Waals surface area contributed by atoms with E-state index in [-0.39, 0.29) is 83.9 Å². The Morgan fingerprint density at radius 2 is 2.05 bits per heavy atom. The molecule has 1 atom stereocenters. The molecule has 0 aromatic heterocycles. The molecular weight excluding hydrogens is 301 g/mol. The van der Waals surface area contributed by atoms with Gasteiger partial charge >= 0.3 is 57.4 Å². The van der Waals surface area contributed by atoms with E-state index in [0.717, 1.165) is 0 Å². The molecule has 0 rings (SSSR count). The van der Waals surface area contributed by atoms with E-state index in [0.29, 0.717) is 5.71 Å². The van der Waals surface area contributed by atoms with Crippen LogP contribution < -0.4 is 57.2 Å². The Balaban J connectivity index is -0.00000162. The first kappa shape index (κ1) is 25.8. The molecule has 0 aliphatic heterocycles. The maximum absolute atomic E-state index is 10.8. The number of ether oxygens (including phenoxy) is 1. The van der Waals surface area contributed by atoms with Gasteiger partial charge < -0.3 is 32.9 Å². The van der Waals surface area contributed by atoms with Crippen molar-refractivity contribution in [1.29, 1.82) is 0 Å². The van der Waals surface area contributed by atoms with Gasteiger partial charge in [-0.3, -0.25) is 4.79 Å². The normalized spacial score (nSPS) is 13.2. The van der Waals surface area contributed by atoms with Gasteiger partial charge in [0.15, 0.2) is 0 Å². The zero-order valence-electron chi connectivity index (χ0n) is 13.4. The smallest absolute Gasteiger partial charge is 0.540 e. The number of nitrogens with two attached hydrogens (primary N) is 1. The molecule has 0 fully saturated rings. The number of rotatable bonds is 8. The second-order valence-electron chi connectivity index (χ2n) is 4.98. The minimum absolute atomic E-state index is 0. The number of hydrazone groups is 1. The Morgan fingerprint density at radius 1 is 1.48 bits per heavy atom. The monoisotopic (exact) mass is 324 g/mol. The Hall–Kier alpha value is -0.124. The second kappa shape index (κ2) is 13.5. The largest absolute Gasteiger partial charge is 1.00 e. The number of hydrogen-bond donors (Lipinski definition) is 2. The van der Waals surface area contributed by atoms with Crippen LogP contribution >= 0.6 is 0 Å². The number of aliphatic carboxylic acids is 1. The van der Waals surface area contributed by atoms with Gasteiger partial charge in [-0.1, -0.05) is 20.8 Å². The van der Waals surface area contributed by atoms with Crippen LogP contribution in [0.2, 0.25) is 0 Å². The van der Waals surface area contributed by atoms with Crippen LogP contribution in [0.25, 0.3) is 0 Å². The number of hydrogen-bond acceptors (Lipinski definition) is 6. The number of carboxylic acids is 1. The number of nitrogens with zero attached hydrogens (tertiary/aromatic N) is 2. The number of carboxylic acid groups (broad SMARTS) is 1. The van der Waals surface area contributed by atoms with E-state index in [9.17, 15) is 9.59 Å². The quantitative estimate of drug-likeness (QED) is 0.132. The SMILES string of the molecule is CC(C)(C)C([C-]=O)N=C/C(COCCC(=O)O)=N\N.[CH3-].[K+]. The van der Waals surface area contributed by atoms with Gasteiger partial charge in [-0.05, 0) is 11.5 Å². The van der Waals surface area contributed by atoms with Crippen molar-refractivity contribution in [3.05, 3.63) is 7.43 Å². The molecule has 0 spiro atoms. The fraction of sp³-hybridized carbons (Fsp3) is 0.615. The summed E-state index contributed by atoms with van der Waals surface area (Å²) in [5.41, 5.74) is -0.0165. The summed E-state index contributed by atoms with van der Waals surface area (Å²) in [5, 5.41) is 11.9. The maximum atomic E-state index is 10.8. The summed E-state index contributed by atoms with van der Waals surface area (Å²) in [7, 11) is 0. The average Bonchev–Trinajstić information content (AvgIpc) is 2.30. The Bertz CT molecular complexity index is 365. The molecular formula is C13H23KN3O4-. The molecule has 0 bridgehead atoms. The molecule has 0 saturated carbocycles. The molecule has 0 aromatic rings. The van der Waals surface area contributed by atoms with Gasteiger partial charge in [0.05, 0.1) is 19.6 Å². The molecule has 3 N–H and O–H groups in total. The van der Waals surface area contributed by atoms with E-state index in [1.165, 1.54) is 6.21 Å². The van der Waals surface area contributed by atoms with E-state index in [1.807, 2.05) is 27.1 Å². The van der Waals surface area contributed by atoms with Crippen molar-refractivity contribution in [2.75, 3.05) is 13.2 Å². The zero-order valence-corrected chi connectivity index (χ0v) is 16.5. The summed E-state index contributed by atoms with van der Waals surface area (Å²) in [6, 6.07) is -0.622. The van der Waals surface area contributed by atoms with Gasteiger partial charge in [-0.25, -0.2) is 6.29 Å². The maximum Gasteiger partial charge on any atom is 1.00 e. The van der Waals surface area contributed by atoms with Crippen LogP contribution in [0.1, 0.15) is 27.2 Å². The average molecular weight is 324 g/mol. The first-order valence-electron chi connectivity index (χ1n) is 5.78. The van der Waals surface area contributed by atoms with Crippen molar-refractivity contribution in [3.8, 4) is 0 Å². The van der Waals surface area contributed by atoms with Gasteiger partial charge in [-0.15, -0.1) is 0 Å². The summed E-state index contributed by atoms with van der Waals surface area (Å²) in [6.45, 7) is 5.70. The van der Waals surface area contributed by atoms with Crippen LogP contribution in [0.15, 0.2) is 10.1 Å². The molecule has 116 valence electrons. The van der Waals surface area contributed by atoms with E-state index in [1.54, 1.807) is 0 Å². The molecule has 1 unspecified atom stereocenters. The number of carbonyl (C=O) groups excluding carboxylic acids is 1. The van der Waals surface area contributed by atoms with Gasteiger partial charge in [0, 0.05) is 6.21 Å². The summed E-state index contributed by atoms with van der Waals surface area (Å²) >= 11 is 0. The van der Waals surface area contributed by atoms with Crippen LogP contribution in [0.4, 0.5) is 0 Å². The predicted octanol–water partition coefficient (Wildman–Crippen LogP) is -2.16. The van der Waals surface area contributed by atoms with Crippen molar-refractivity contribution in [1.82, 2.24) is 0 Å². The first-order chi connectivity index (χ1) is 8.81. The second-order valence-corrected chi connectivity index (χ2v) is 4.98. The zero-order chi connectivity index (χ0) is 14.9.